The number of aromatic nitrogens is 2. The summed E-state index contributed by atoms with van der Waals surface area (Å²) in [4.78, 5) is 32.6. The fourth-order valence-electron chi connectivity index (χ4n) is 3.67. The molecule has 1 heterocycles. The van der Waals surface area contributed by atoms with E-state index in [1.807, 2.05) is 24.6 Å². The summed E-state index contributed by atoms with van der Waals surface area (Å²) >= 11 is 0. The highest BCUT2D eigenvalue weighted by Gasteiger charge is 2.31. The zero-order chi connectivity index (χ0) is 21.5. The van der Waals surface area contributed by atoms with Crippen molar-refractivity contribution in [2.24, 2.45) is 0 Å². The molecular formula is C21H19N3O5S. The van der Waals surface area contributed by atoms with Crippen molar-refractivity contribution in [3.8, 4) is 5.75 Å². The van der Waals surface area contributed by atoms with Crippen LogP contribution in [0.4, 0.5) is 0 Å². The van der Waals surface area contributed by atoms with E-state index in [1.54, 1.807) is 30.3 Å². The second kappa shape index (κ2) is 7.49. The number of nitrogens with one attached hydrogen (secondary N) is 1. The molecule has 1 aliphatic rings. The first-order chi connectivity index (χ1) is 14.3. The Balaban J connectivity index is 1.49. The van der Waals surface area contributed by atoms with Crippen LogP contribution in [0.3, 0.4) is 0 Å². The van der Waals surface area contributed by atoms with Crippen LogP contribution in [0.25, 0.3) is 11.0 Å². The van der Waals surface area contributed by atoms with Gasteiger partial charge in [0.2, 0.25) is 0 Å². The Bertz CT molecular complexity index is 1290. The quantitative estimate of drug-likeness (QED) is 0.668. The predicted molar refractivity (Wildman–Crippen MR) is 109 cm³/mol. The number of nitrogens with zero attached hydrogens (tertiary/aromatic N) is 2. The number of carbonyl (C=O) groups is 2. The number of hydrogen-bond acceptors (Lipinski definition) is 7. The molecule has 1 unspecified atom stereocenters. The van der Waals surface area contributed by atoms with Crippen molar-refractivity contribution in [2.45, 2.75) is 31.2 Å². The molecule has 1 aromatic heterocycles. The Morgan fingerprint density at radius 2 is 1.93 bits per heavy atom. The lowest BCUT2D eigenvalue weighted by atomic mass is 9.97. The third-order valence-electron chi connectivity index (χ3n) is 5.00. The standard InChI is InChI=1S/C21H19N3O5S/c1-12-7-8-17(21-16(25)9-13(2)20(12)21)29-11-18(26)24-30(27,28)19-10-22-14-5-3-4-6-15(14)23-19/h3-8,10,13H,9,11H2,1-2H3,(H,24,26). The molecule has 0 radical (unpaired) electrons. The third kappa shape index (κ3) is 3.63. The van der Waals surface area contributed by atoms with Gasteiger partial charge in [0.25, 0.3) is 15.9 Å². The second-order valence-corrected chi connectivity index (χ2v) is 8.84. The molecule has 9 heteroatoms. The molecule has 30 heavy (non-hydrogen) atoms. The third-order valence-corrected chi connectivity index (χ3v) is 6.24. The number of ether oxygens (including phenoxy) is 1. The van der Waals surface area contributed by atoms with Gasteiger partial charge in [0.05, 0.1) is 22.8 Å². The monoisotopic (exact) mass is 425 g/mol. The molecule has 3 aromatic rings. The van der Waals surface area contributed by atoms with Gasteiger partial charge in [-0.15, -0.1) is 0 Å². The Morgan fingerprint density at radius 3 is 2.70 bits per heavy atom. The van der Waals surface area contributed by atoms with Crippen molar-refractivity contribution in [1.82, 2.24) is 14.7 Å². The number of sulfonamides is 1. The SMILES string of the molecule is Cc1ccc(OCC(=O)NS(=O)(=O)c2cnc3ccccc3n2)c2c1C(C)CC2=O. The Kier molecular flexibility index (Phi) is 4.98. The number of fused-ring (bicyclic) bond motifs is 2. The molecule has 0 saturated carbocycles. The van der Waals surface area contributed by atoms with Crippen LogP contribution in [0.2, 0.25) is 0 Å². The van der Waals surface area contributed by atoms with Crippen LogP contribution in [0.5, 0.6) is 5.75 Å². The van der Waals surface area contributed by atoms with E-state index in [1.165, 1.54) is 0 Å². The molecule has 0 bridgehead atoms. The maximum absolute atomic E-state index is 12.5. The molecule has 1 atom stereocenters. The average molecular weight is 425 g/mol. The molecule has 0 aliphatic heterocycles. The first kappa shape index (κ1) is 20.0. The van der Waals surface area contributed by atoms with E-state index >= 15 is 0 Å². The number of ketones is 1. The fraction of sp³-hybridized carbons (Fsp3) is 0.238. The smallest absolute Gasteiger partial charge is 0.283 e. The molecule has 1 amide bonds. The molecule has 0 fully saturated rings. The van der Waals surface area contributed by atoms with Gasteiger partial charge in [-0.2, -0.15) is 8.42 Å². The molecule has 8 nitrogen and oxygen atoms in total. The van der Waals surface area contributed by atoms with Crippen molar-refractivity contribution in [3.05, 3.63) is 59.3 Å². The summed E-state index contributed by atoms with van der Waals surface area (Å²) in [5, 5.41) is -0.366. The molecular weight excluding hydrogens is 406 g/mol. The lowest BCUT2D eigenvalue weighted by Crippen LogP contribution is -2.35. The minimum atomic E-state index is -4.21. The topological polar surface area (TPSA) is 115 Å². The van der Waals surface area contributed by atoms with Crippen LogP contribution in [0, 0.1) is 6.92 Å². The lowest BCUT2D eigenvalue weighted by molar-refractivity contribution is -0.121. The minimum absolute atomic E-state index is 0.0457. The summed E-state index contributed by atoms with van der Waals surface area (Å²) in [5.41, 5.74) is 3.30. The van der Waals surface area contributed by atoms with Crippen LogP contribution in [0.15, 0.2) is 47.6 Å². The molecule has 2 aromatic carbocycles. The summed E-state index contributed by atoms with van der Waals surface area (Å²) in [6, 6.07) is 10.2. The first-order valence-corrected chi connectivity index (χ1v) is 10.8. The predicted octanol–water partition coefficient (Wildman–Crippen LogP) is 2.51. The van der Waals surface area contributed by atoms with Gasteiger partial charge in [0.1, 0.15) is 5.75 Å². The van der Waals surface area contributed by atoms with Gasteiger partial charge < -0.3 is 4.74 Å². The molecule has 1 aliphatic carbocycles. The average Bonchev–Trinajstić information content (AvgIpc) is 3.02. The number of rotatable bonds is 5. The zero-order valence-corrected chi connectivity index (χ0v) is 17.2. The highest BCUT2D eigenvalue weighted by molar-refractivity contribution is 7.90. The normalized spacial score (nSPS) is 15.8. The van der Waals surface area contributed by atoms with E-state index in [0.29, 0.717) is 23.0 Å². The second-order valence-electron chi connectivity index (χ2n) is 7.21. The van der Waals surface area contributed by atoms with Gasteiger partial charge >= 0.3 is 0 Å². The number of para-hydroxylation sites is 2. The Hall–Kier alpha value is -3.33. The van der Waals surface area contributed by atoms with Gasteiger partial charge in [-0.25, -0.2) is 9.71 Å². The van der Waals surface area contributed by atoms with E-state index in [9.17, 15) is 18.0 Å². The Morgan fingerprint density at radius 1 is 1.20 bits per heavy atom. The van der Waals surface area contributed by atoms with Crippen molar-refractivity contribution in [1.29, 1.82) is 0 Å². The van der Waals surface area contributed by atoms with Crippen LogP contribution in [0.1, 0.15) is 40.7 Å². The van der Waals surface area contributed by atoms with E-state index < -0.39 is 22.5 Å². The van der Waals surface area contributed by atoms with Crippen LogP contribution < -0.4 is 9.46 Å². The van der Waals surface area contributed by atoms with Crippen LogP contribution in [-0.2, 0) is 14.8 Å². The van der Waals surface area contributed by atoms with Crippen molar-refractivity contribution >= 4 is 32.7 Å². The highest BCUT2D eigenvalue weighted by Crippen LogP contribution is 2.40. The number of hydrogen-bond donors (Lipinski definition) is 1. The van der Waals surface area contributed by atoms with Gasteiger partial charge in [-0.05, 0) is 42.2 Å². The largest absolute Gasteiger partial charge is 0.483 e. The first-order valence-electron chi connectivity index (χ1n) is 9.33. The molecule has 0 spiro atoms. The van der Waals surface area contributed by atoms with Crippen LogP contribution >= 0.6 is 0 Å². The number of carbonyl (C=O) groups excluding carboxylic acids is 2. The number of aryl methyl sites for hydroxylation is 1. The van der Waals surface area contributed by atoms with Gasteiger partial charge in [0.15, 0.2) is 17.4 Å². The van der Waals surface area contributed by atoms with Crippen molar-refractivity contribution in [2.75, 3.05) is 6.61 Å². The maximum Gasteiger partial charge on any atom is 0.283 e. The summed E-state index contributed by atoms with van der Waals surface area (Å²) in [7, 11) is -4.21. The van der Waals surface area contributed by atoms with Crippen molar-refractivity contribution in [3.63, 3.8) is 0 Å². The highest BCUT2D eigenvalue weighted by atomic mass is 32.2. The van der Waals surface area contributed by atoms with E-state index in [-0.39, 0.29) is 22.5 Å². The fourth-order valence-corrected chi connectivity index (χ4v) is 4.55. The minimum Gasteiger partial charge on any atom is -0.483 e. The summed E-state index contributed by atoms with van der Waals surface area (Å²) < 4.78 is 32.4. The van der Waals surface area contributed by atoms with E-state index in [4.69, 9.17) is 4.74 Å². The summed E-state index contributed by atoms with van der Waals surface area (Å²) in [5.74, 6) is -0.562. The molecule has 0 saturated heterocycles. The van der Waals surface area contributed by atoms with Crippen molar-refractivity contribution < 1.29 is 22.7 Å². The number of benzene rings is 2. The van der Waals surface area contributed by atoms with Crippen LogP contribution in [-0.4, -0.2) is 36.7 Å². The van der Waals surface area contributed by atoms with Gasteiger partial charge in [0, 0.05) is 6.42 Å². The molecule has 1 N–H and O–H groups in total. The maximum atomic E-state index is 12.5. The summed E-state index contributed by atoms with van der Waals surface area (Å²) in [6.07, 6.45) is 1.48. The van der Waals surface area contributed by atoms with Gasteiger partial charge in [-0.3, -0.25) is 14.6 Å². The van der Waals surface area contributed by atoms with Gasteiger partial charge in [-0.1, -0.05) is 25.1 Å². The molecule has 154 valence electrons. The molecule has 4 rings (SSSR count). The number of amides is 1. The van der Waals surface area contributed by atoms with E-state index in [2.05, 4.69) is 9.97 Å². The Labute approximate surface area is 173 Å². The lowest BCUT2D eigenvalue weighted by Gasteiger charge is -2.13. The zero-order valence-electron chi connectivity index (χ0n) is 16.4. The summed E-state index contributed by atoms with van der Waals surface area (Å²) in [6.45, 7) is 3.32. The van der Waals surface area contributed by atoms with E-state index in [0.717, 1.165) is 17.3 Å². The number of Topliss-reactive ketones (excluding diaryl/α,β-unsaturated/α-hetero) is 1.